The minimum Gasteiger partial charge on any atom is -0.479 e. The molecule has 0 aromatic rings. The quantitative estimate of drug-likeness (QED) is 0.571. The SMILES string of the molecule is O=C(O)CONC(=O)N(CCO)C1CCCC1. The summed E-state index contributed by atoms with van der Waals surface area (Å²) < 4.78 is 0. The fraction of sp³-hybridized carbons (Fsp3) is 0.800. The summed E-state index contributed by atoms with van der Waals surface area (Å²) in [4.78, 5) is 27.9. The Labute approximate surface area is 99.3 Å². The van der Waals surface area contributed by atoms with Crippen molar-refractivity contribution in [2.45, 2.75) is 31.7 Å². The molecule has 1 fully saturated rings. The minimum absolute atomic E-state index is 0.107. The minimum atomic E-state index is -1.15. The predicted molar refractivity (Wildman–Crippen MR) is 58.2 cm³/mol. The maximum Gasteiger partial charge on any atom is 0.341 e. The fourth-order valence-electron chi connectivity index (χ4n) is 1.99. The smallest absolute Gasteiger partial charge is 0.341 e. The summed E-state index contributed by atoms with van der Waals surface area (Å²) in [5, 5.41) is 17.3. The van der Waals surface area contributed by atoms with Gasteiger partial charge in [-0.25, -0.2) is 15.1 Å². The first-order valence-corrected chi connectivity index (χ1v) is 5.66. The average Bonchev–Trinajstić information content (AvgIpc) is 2.78. The molecule has 17 heavy (non-hydrogen) atoms. The van der Waals surface area contributed by atoms with Crippen LogP contribution in [-0.2, 0) is 9.63 Å². The van der Waals surface area contributed by atoms with Crippen LogP contribution in [0.4, 0.5) is 4.79 Å². The van der Waals surface area contributed by atoms with E-state index >= 15 is 0 Å². The third-order valence-corrected chi connectivity index (χ3v) is 2.72. The van der Waals surface area contributed by atoms with Crippen LogP contribution in [-0.4, -0.2) is 52.9 Å². The number of nitrogens with one attached hydrogen (secondary N) is 1. The molecule has 1 aliphatic rings. The van der Waals surface area contributed by atoms with Gasteiger partial charge in [0.15, 0.2) is 6.61 Å². The number of hydrogen-bond acceptors (Lipinski definition) is 4. The second kappa shape index (κ2) is 7.08. The van der Waals surface area contributed by atoms with Crippen molar-refractivity contribution in [1.82, 2.24) is 10.4 Å². The number of nitrogens with zero attached hydrogens (tertiary/aromatic N) is 1. The Morgan fingerprint density at radius 1 is 1.35 bits per heavy atom. The van der Waals surface area contributed by atoms with Crippen LogP contribution >= 0.6 is 0 Å². The van der Waals surface area contributed by atoms with Gasteiger partial charge in [-0.3, -0.25) is 4.84 Å². The third kappa shape index (κ3) is 4.58. The van der Waals surface area contributed by atoms with Gasteiger partial charge in [-0.15, -0.1) is 0 Å². The second-order valence-corrected chi connectivity index (χ2v) is 3.94. The Hall–Kier alpha value is -1.34. The molecule has 0 saturated heterocycles. The number of carbonyl (C=O) groups excluding carboxylic acids is 1. The monoisotopic (exact) mass is 246 g/mol. The number of aliphatic hydroxyl groups is 1. The van der Waals surface area contributed by atoms with Crippen molar-refractivity contribution in [3.8, 4) is 0 Å². The van der Waals surface area contributed by atoms with Gasteiger partial charge in [0, 0.05) is 12.6 Å². The molecule has 0 aromatic heterocycles. The Kier molecular flexibility index (Phi) is 5.71. The first-order chi connectivity index (χ1) is 8.15. The van der Waals surface area contributed by atoms with Crippen molar-refractivity contribution in [3.63, 3.8) is 0 Å². The van der Waals surface area contributed by atoms with E-state index in [2.05, 4.69) is 10.3 Å². The molecule has 0 unspecified atom stereocenters. The Bertz CT molecular complexity index is 265. The van der Waals surface area contributed by atoms with E-state index in [1.165, 1.54) is 4.90 Å². The van der Waals surface area contributed by atoms with Gasteiger partial charge in [0.05, 0.1) is 6.61 Å². The van der Waals surface area contributed by atoms with Crippen LogP contribution in [0.2, 0.25) is 0 Å². The summed E-state index contributed by atoms with van der Waals surface area (Å²) in [6.07, 6.45) is 3.95. The van der Waals surface area contributed by atoms with Crippen LogP contribution in [0.5, 0.6) is 0 Å². The number of hydroxylamine groups is 1. The highest BCUT2D eigenvalue weighted by atomic mass is 16.7. The number of hydrogen-bond donors (Lipinski definition) is 3. The summed E-state index contributed by atoms with van der Waals surface area (Å²) in [5.74, 6) is -1.15. The molecule has 0 heterocycles. The highest BCUT2D eigenvalue weighted by molar-refractivity contribution is 5.74. The molecule has 1 saturated carbocycles. The van der Waals surface area contributed by atoms with Crippen molar-refractivity contribution in [1.29, 1.82) is 0 Å². The average molecular weight is 246 g/mol. The molecule has 0 atom stereocenters. The van der Waals surface area contributed by atoms with Gasteiger partial charge in [-0.1, -0.05) is 12.8 Å². The summed E-state index contributed by atoms with van der Waals surface area (Å²) in [5.41, 5.74) is 2.07. The van der Waals surface area contributed by atoms with Gasteiger partial charge in [-0.05, 0) is 12.8 Å². The van der Waals surface area contributed by atoms with E-state index in [-0.39, 0.29) is 19.2 Å². The molecule has 3 N–H and O–H groups in total. The lowest BCUT2D eigenvalue weighted by molar-refractivity contribution is -0.144. The van der Waals surface area contributed by atoms with E-state index in [1.54, 1.807) is 0 Å². The lowest BCUT2D eigenvalue weighted by atomic mass is 10.2. The van der Waals surface area contributed by atoms with Gasteiger partial charge in [0.1, 0.15) is 0 Å². The number of urea groups is 1. The molecule has 0 aliphatic heterocycles. The number of carboxylic acids is 1. The van der Waals surface area contributed by atoms with Gasteiger partial charge in [0.2, 0.25) is 0 Å². The van der Waals surface area contributed by atoms with E-state index in [4.69, 9.17) is 10.2 Å². The summed E-state index contributed by atoms with van der Waals surface area (Å²) in [7, 11) is 0. The Morgan fingerprint density at radius 3 is 2.53 bits per heavy atom. The van der Waals surface area contributed by atoms with Gasteiger partial charge < -0.3 is 15.1 Å². The lowest BCUT2D eigenvalue weighted by Gasteiger charge is -2.27. The molecule has 7 heteroatoms. The van der Waals surface area contributed by atoms with E-state index in [9.17, 15) is 9.59 Å². The fourth-order valence-corrected chi connectivity index (χ4v) is 1.99. The Morgan fingerprint density at radius 2 is 2.00 bits per heavy atom. The standard InChI is InChI=1S/C10H18N2O5/c13-6-5-12(8-3-1-2-4-8)10(16)11-17-7-9(14)15/h8,13H,1-7H2,(H,11,16)(H,14,15). The molecule has 0 bridgehead atoms. The number of aliphatic hydroxyl groups excluding tert-OH is 1. The van der Waals surface area contributed by atoms with Crippen molar-refractivity contribution < 1.29 is 24.6 Å². The van der Waals surface area contributed by atoms with Crippen LogP contribution in [0, 0.1) is 0 Å². The number of rotatable bonds is 6. The zero-order valence-electron chi connectivity index (χ0n) is 9.59. The molecule has 0 spiro atoms. The largest absolute Gasteiger partial charge is 0.479 e. The van der Waals surface area contributed by atoms with Crippen molar-refractivity contribution in [2.75, 3.05) is 19.8 Å². The molecule has 0 radical (unpaired) electrons. The van der Waals surface area contributed by atoms with Crippen LogP contribution < -0.4 is 5.48 Å². The first kappa shape index (κ1) is 13.7. The predicted octanol–water partition coefficient (Wildman–Crippen LogP) is -0.0509. The van der Waals surface area contributed by atoms with E-state index in [1.807, 2.05) is 0 Å². The highest BCUT2D eigenvalue weighted by Crippen LogP contribution is 2.23. The van der Waals surface area contributed by atoms with Crippen LogP contribution in [0.1, 0.15) is 25.7 Å². The van der Waals surface area contributed by atoms with Crippen LogP contribution in [0.15, 0.2) is 0 Å². The van der Waals surface area contributed by atoms with Gasteiger partial charge in [-0.2, -0.15) is 0 Å². The molecule has 1 aliphatic carbocycles. The second-order valence-electron chi connectivity index (χ2n) is 3.94. The molecular formula is C10H18N2O5. The number of aliphatic carboxylic acids is 1. The zero-order valence-corrected chi connectivity index (χ0v) is 9.59. The lowest BCUT2D eigenvalue weighted by Crippen LogP contribution is -2.46. The topological polar surface area (TPSA) is 99.1 Å². The van der Waals surface area contributed by atoms with E-state index in [0.29, 0.717) is 0 Å². The normalized spacial score (nSPS) is 15.8. The van der Waals surface area contributed by atoms with Crippen molar-refractivity contribution >= 4 is 12.0 Å². The maximum absolute atomic E-state index is 11.7. The maximum atomic E-state index is 11.7. The molecule has 98 valence electrons. The van der Waals surface area contributed by atoms with E-state index in [0.717, 1.165) is 25.7 Å². The zero-order chi connectivity index (χ0) is 12.7. The Balaban J connectivity index is 2.39. The van der Waals surface area contributed by atoms with Crippen molar-refractivity contribution in [3.05, 3.63) is 0 Å². The molecule has 7 nitrogen and oxygen atoms in total. The van der Waals surface area contributed by atoms with Crippen LogP contribution in [0.25, 0.3) is 0 Å². The number of amides is 2. The van der Waals surface area contributed by atoms with Gasteiger partial charge in [0.25, 0.3) is 0 Å². The number of carboxylic acid groups (broad SMARTS) is 1. The van der Waals surface area contributed by atoms with Crippen LogP contribution in [0.3, 0.4) is 0 Å². The summed E-state index contributed by atoms with van der Waals surface area (Å²) >= 11 is 0. The first-order valence-electron chi connectivity index (χ1n) is 5.66. The third-order valence-electron chi connectivity index (χ3n) is 2.72. The summed E-state index contributed by atoms with van der Waals surface area (Å²) in [6.45, 7) is -0.473. The van der Waals surface area contributed by atoms with Crippen molar-refractivity contribution in [2.24, 2.45) is 0 Å². The highest BCUT2D eigenvalue weighted by Gasteiger charge is 2.26. The molecule has 2 amide bonds. The summed E-state index contributed by atoms with van der Waals surface area (Å²) in [6, 6.07) is -0.386. The van der Waals surface area contributed by atoms with E-state index < -0.39 is 18.6 Å². The molecular weight excluding hydrogens is 228 g/mol. The number of carbonyl (C=O) groups is 2. The molecule has 1 rings (SSSR count). The van der Waals surface area contributed by atoms with Gasteiger partial charge >= 0.3 is 12.0 Å². The molecule has 0 aromatic carbocycles.